The molecule has 0 atom stereocenters. The third-order valence-electron chi connectivity index (χ3n) is 6.22. The highest BCUT2D eigenvalue weighted by molar-refractivity contribution is 6.14. The van der Waals surface area contributed by atoms with Crippen molar-refractivity contribution >= 4 is 17.9 Å². The van der Waals surface area contributed by atoms with E-state index < -0.39 is 34.7 Å². The van der Waals surface area contributed by atoms with Gasteiger partial charge in [0.1, 0.15) is 0 Å². The van der Waals surface area contributed by atoms with Crippen molar-refractivity contribution in [3.8, 4) is 6.07 Å². The second kappa shape index (κ2) is 9.74. The van der Waals surface area contributed by atoms with Crippen LogP contribution in [0.5, 0.6) is 0 Å². The molecule has 1 aliphatic rings. The standard InChI is InChI=1S/C29H19F6NO/c30-28(31,32)24-10-4-6-19(14-24)12-21-16-27(18-36,23-8-2-1-3-9-23)17-22(26(21)37)13-20-7-5-11-25(15-20)29(33,34)35/h1-15H,16-17H2/b21-12+,22-13+. The number of nitriles is 1. The van der Waals surface area contributed by atoms with E-state index in [9.17, 15) is 36.4 Å². The Morgan fingerprint density at radius 2 is 1.16 bits per heavy atom. The van der Waals surface area contributed by atoms with E-state index in [1.807, 2.05) is 0 Å². The minimum absolute atomic E-state index is 0.0669. The first-order valence-corrected chi connectivity index (χ1v) is 11.2. The molecule has 3 aromatic carbocycles. The van der Waals surface area contributed by atoms with Crippen LogP contribution in [0.4, 0.5) is 26.3 Å². The Labute approximate surface area is 209 Å². The second-order valence-corrected chi connectivity index (χ2v) is 8.83. The van der Waals surface area contributed by atoms with Crippen LogP contribution in [0.2, 0.25) is 0 Å². The predicted molar refractivity (Wildman–Crippen MR) is 127 cm³/mol. The van der Waals surface area contributed by atoms with E-state index in [1.165, 1.54) is 36.4 Å². The van der Waals surface area contributed by atoms with Gasteiger partial charge in [0.25, 0.3) is 0 Å². The van der Waals surface area contributed by atoms with Crippen molar-refractivity contribution in [2.75, 3.05) is 0 Å². The summed E-state index contributed by atoms with van der Waals surface area (Å²) >= 11 is 0. The van der Waals surface area contributed by atoms with Crippen LogP contribution in [-0.4, -0.2) is 5.78 Å². The third kappa shape index (κ3) is 5.67. The molecule has 3 aromatic rings. The fourth-order valence-electron chi connectivity index (χ4n) is 4.43. The van der Waals surface area contributed by atoms with Crippen LogP contribution in [0, 0.1) is 11.3 Å². The zero-order valence-electron chi connectivity index (χ0n) is 19.2. The molecule has 0 aliphatic heterocycles. The Bertz CT molecular complexity index is 1350. The van der Waals surface area contributed by atoms with Gasteiger partial charge >= 0.3 is 12.4 Å². The van der Waals surface area contributed by atoms with E-state index >= 15 is 0 Å². The van der Waals surface area contributed by atoms with Crippen LogP contribution in [-0.2, 0) is 22.6 Å². The van der Waals surface area contributed by atoms with Crippen LogP contribution >= 0.6 is 0 Å². The van der Waals surface area contributed by atoms with E-state index in [2.05, 4.69) is 6.07 Å². The summed E-state index contributed by atoms with van der Waals surface area (Å²) in [4.78, 5) is 13.4. The summed E-state index contributed by atoms with van der Waals surface area (Å²) in [6.45, 7) is 0. The Balaban J connectivity index is 1.85. The fourth-order valence-corrected chi connectivity index (χ4v) is 4.43. The van der Waals surface area contributed by atoms with Crippen molar-refractivity contribution in [2.24, 2.45) is 0 Å². The van der Waals surface area contributed by atoms with Crippen molar-refractivity contribution < 1.29 is 31.1 Å². The molecule has 1 saturated carbocycles. The largest absolute Gasteiger partial charge is 0.416 e. The van der Waals surface area contributed by atoms with Gasteiger partial charge in [0, 0.05) is 11.1 Å². The van der Waals surface area contributed by atoms with Gasteiger partial charge < -0.3 is 0 Å². The van der Waals surface area contributed by atoms with Crippen molar-refractivity contribution in [3.05, 3.63) is 118 Å². The van der Waals surface area contributed by atoms with Crippen molar-refractivity contribution in [2.45, 2.75) is 30.6 Å². The molecule has 0 spiro atoms. The number of benzene rings is 3. The van der Waals surface area contributed by atoms with Gasteiger partial charge in [0.2, 0.25) is 0 Å². The van der Waals surface area contributed by atoms with Crippen LogP contribution in [0.1, 0.15) is 40.7 Å². The number of nitrogens with zero attached hydrogens (tertiary/aromatic N) is 1. The van der Waals surface area contributed by atoms with Gasteiger partial charge in [-0.25, -0.2) is 0 Å². The molecular weight excluding hydrogens is 492 g/mol. The van der Waals surface area contributed by atoms with E-state index in [0.29, 0.717) is 5.56 Å². The Hall–Kier alpha value is -4.12. The van der Waals surface area contributed by atoms with Gasteiger partial charge in [-0.3, -0.25) is 4.79 Å². The molecule has 1 aliphatic carbocycles. The van der Waals surface area contributed by atoms with E-state index in [4.69, 9.17) is 0 Å². The molecule has 1 fully saturated rings. The summed E-state index contributed by atoms with van der Waals surface area (Å²) in [5.74, 6) is -0.531. The third-order valence-corrected chi connectivity index (χ3v) is 6.22. The number of hydrogen-bond donors (Lipinski definition) is 0. The highest BCUT2D eigenvalue weighted by atomic mass is 19.4. The molecule has 4 rings (SSSR count). The summed E-state index contributed by atoms with van der Waals surface area (Å²) in [5.41, 5.74) is -2.00. The molecule has 0 amide bonds. The van der Waals surface area contributed by atoms with Gasteiger partial charge in [-0.15, -0.1) is 0 Å². The summed E-state index contributed by atoms with van der Waals surface area (Å²) in [5, 5.41) is 10.2. The lowest BCUT2D eigenvalue weighted by Crippen LogP contribution is -2.33. The minimum Gasteiger partial charge on any atom is -0.289 e. The number of ketones is 1. The van der Waals surface area contributed by atoms with Gasteiger partial charge in [0.15, 0.2) is 5.78 Å². The molecule has 0 saturated heterocycles. The van der Waals surface area contributed by atoms with E-state index in [-0.39, 0.29) is 35.1 Å². The molecule has 0 heterocycles. The molecular formula is C29H19F6NO. The van der Waals surface area contributed by atoms with Crippen molar-refractivity contribution in [1.82, 2.24) is 0 Å². The first-order valence-electron chi connectivity index (χ1n) is 11.2. The number of halogens is 6. The molecule has 37 heavy (non-hydrogen) atoms. The Morgan fingerprint density at radius 3 is 1.57 bits per heavy atom. The average molecular weight is 511 g/mol. The van der Waals surface area contributed by atoms with Gasteiger partial charge in [-0.1, -0.05) is 54.6 Å². The molecule has 0 bridgehead atoms. The molecule has 8 heteroatoms. The lowest BCUT2D eigenvalue weighted by molar-refractivity contribution is -0.138. The molecule has 0 unspecified atom stereocenters. The summed E-state index contributed by atoms with van der Waals surface area (Å²) in [7, 11) is 0. The highest BCUT2D eigenvalue weighted by Gasteiger charge is 2.42. The SMILES string of the molecule is N#CC1(c2ccccc2)C/C(=C\c2cccc(C(F)(F)F)c2)C(=O)/C(=C/c2cccc(C(F)(F)F)c2)C1. The summed E-state index contributed by atoms with van der Waals surface area (Å²) in [6.07, 6.45) is -6.68. The number of Topliss-reactive ketones (excluding diaryl/α,β-unsaturated/α-hetero) is 1. The fraction of sp³-hybridized carbons (Fsp3) is 0.172. The number of carbonyl (C=O) groups is 1. The van der Waals surface area contributed by atoms with Gasteiger partial charge in [-0.2, -0.15) is 31.6 Å². The lowest BCUT2D eigenvalue weighted by atomic mass is 9.66. The first-order chi connectivity index (χ1) is 17.4. The van der Waals surface area contributed by atoms with Crippen LogP contribution < -0.4 is 0 Å². The quantitative estimate of drug-likeness (QED) is 0.264. The topological polar surface area (TPSA) is 40.9 Å². The maximum Gasteiger partial charge on any atom is 0.416 e. The molecule has 0 aromatic heterocycles. The number of hydrogen-bond acceptors (Lipinski definition) is 2. The van der Waals surface area contributed by atoms with Gasteiger partial charge in [-0.05, 0) is 65.9 Å². The Morgan fingerprint density at radius 1 is 0.703 bits per heavy atom. The predicted octanol–water partition coefficient (Wildman–Crippen LogP) is 8.02. The van der Waals surface area contributed by atoms with E-state index in [0.717, 1.165) is 24.3 Å². The van der Waals surface area contributed by atoms with Crippen LogP contribution in [0.3, 0.4) is 0 Å². The average Bonchev–Trinajstić information content (AvgIpc) is 2.86. The second-order valence-electron chi connectivity index (χ2n) is 8.83. The number of alkyl halides is 6. The van der Waals surface area contributed by atoms with Crippen LogP contribution in [0.25, 0.3) is 12.2 Å². The summed E-state index contributed by atoms with van der Waals surface area (Å²) < 4.78 is 79.3. The zero-order chi connectivity index (χ0) is 26.8. The van der Waals surface area contributed by atoms with E-state index in [1.54, 1.807) is 30.3 Å². The maximum atomic E-state index is 13.4. The Kier molecular flexibility index (Phi) is 6.83. The molecule has 0 N–H and O–H groups in total. The number of carbonyl (C=O) groups excluding carboxylic acids is 1. The normalized spacial score (nSPS) is 20.7. The van der Waals surface area contributed by atoms with Crippen molar-refractivity contribution in [1.29, 1.82) is 5.26 Å². The number of rotatable bonds is 3. The smallest absolute Gasteiger partial charge is 0.289 e. The van der Waals surface area contributed by atoms with Gasteiger partial charge in [0.05, 0.1) is 22.6 Å². The molecule has 188 valence electrons. The molecule has 2 nitrogen and oxygen atoms in total. The first kappa shape index (κ1) is 26.0. The molecule has 0 radical (unpaired) electrons. The highest BCUT2D eigenvalue weighted by Crippen LogP contribution is 2.44. The monoisotopic (exact) mass is 511 g/mol. The van der Waals surface area contributed by atoms with Crippen molar-refractivity contribution in [3.63, 3.8) is 0 Å². The minimum atomic E-state index is -4.58. The zero-order valence-corrected chi connectivity index (χ0v) is 19.2. The lowest BCUT2D eigenvalue weighted by Gasteiger charge is -2.33. The number of allylic oxidation sites excluding steroid dienone is 2. The maximum absolute atomic E-state index is 13.4. The summed E-state index contributed by atoms with van der Waals surface area (Å²) in [6, 6.07) is 19.8. The van der Waals surface area contributed by atoms with Crippen LogP contribution in [0.15, 0.2) is 90.0 Å².